The Kier molecular flexibility index (Phi) is 7.83. The maximum Gasteiger partial charge on any atom is 0.335 e. The van der Waals surface area contributed by atoms with Gasteiger partial charge in [-0.1, -0.05) is 59.1 Å². The van der Waals surface area contributed by atoms with Gasteiger partial charge in [0.2, 0.25) is 0 Å². The minimum Gasteiger partial charge on any atom is -0.481 e. The van der Waals surface area contributed by atoms with Crippen molar-refractivity contribution in [3.63, 3.8) is 0 Å². The van der Waals surface area contributed by atoms with Crippen LogP contribution in [0.3, 0.4) is 0 Å². The number of aryl methyl sites for hydroxylation is 1. The lowest BCUT2D eigenvalue weighted by molar-refractivity contribution is -0.122. The van der Waals surface area contributed by atoms with Crippen LogP contribution < -0.4 is 20.3 Å². The Morgan fingerprint density at radius 2 is 1.65 bits per heavy atom. The molecule has 0 atom stereocenters. The molecule has 0 unspecified atom stereocenters. The highest BCUT2D eigenvalue weighted by Gasteiger charge is 2.37. The van der Waals surface area contributed by atoms with Crippen LogP contribution in [0.5, 0.6) is 5.75 Å². The highest BCUT2D eigenvalue weighted by Crippen LogP contribution is 2.35. The average molecular weight is 559 g/mol. The van der Waals surface area contributed by atoms with Gasteiger partial charge in [-0.3, -0.25) is 19.7 Å². The van der Waals surface area contributed by atoms with Gasteiger partial charge in [0.15, 0.2) is 12.4 Å². The van der Waals surface area contributed by atoms with E-state index >= 15 is 0 Å². The molecule has 8 nitrogen and oxygen atoms in total. The third-order valence-corrected chi connectivity index (χ3v) is 6.22. The third kappa shape index (κ3) is 5.94. The Hall–Kier alpha value is -3.85. The summed E-state index contributed by atoms with van der Waals surface area (Å²) in [6, 6.07) is 15.4. The summed E-state index contributed by atoms with van der Waals surface area (Å²) >= 11 is 18.8. The first-order valence-corrected chi connectivity index (χ1v) is 11.9. The van der Waals surface area contributed by atoms with Crippen LogP contribution >= 0.6 is 34.8 Å². The number of carbonyl (C=O) groups is 4. The first-order chi connectivity index (χ1) is 17.6. The number of nitrogens with zero attached hydrogens (tertiary/aromatic N) is 1. The topological polar surface area (TPSA) is 105 Å². The van der Waals surface area contributed by atoms with Gasteiger partial charge in [0.25, 0.3) is 17.7 Å². The molecule has 3 aromatic rings. The van der Waals surface area contributed by atoms with E-state index in [1.54, 1.807) is 43.3 Å². The number of imide groups is 2. The number of barbiturate groups is 1. The molecule has 1 heterocycles. The van der Waals surface area contributed by atoms with Gasteiger partial charge in [-0.2, -0.15) is 0 Å². The Labute approximate surface area is 226 Å². The fraction of sp³-hybridized carbons (Fsp3) is 0.0769. The van der Waals surface area contributed by atoms with Gasteiger partial charge >= 0.3 is 6.03 Å². The number of hydrogen-bond acceptors (Lipinski definition) is 5. The average Bonchev–Trinajstić information content (AvgIpc) is 2.84. The first kappa shape index (κ1) is 26.2. The fourth-order valence-corrected chi connectivity index (χ4v) is 4.22. The number of para-hydroxylation sites is 1. The minimum atomic E-state index is -0.902. The second kappa shape index (κ2) is 11.0. The summed E-state index contributed by atoms with van der Waals surface area (Å²) in [5, 5.41) is 5.26. The lowest BCUT2D eigenvalue weighted by Gasteiger charge is -2.26. The van der Waals surface area contributed by atoms with E-state index < -0.39 is 23.8 Å². The summed E-state index contributed by atoms with van der Waals surface area (Å²) in [4.78, 5) is 51.0. The molecule has 4 rings (SSSR count). The molecule has 0 radical (unpaired) electrons. The van der Waals surface area contributed by atoms with Crippen molar-refractivity contribution in [1.82, 2.24) is 5.32 Å². The molecule has 0 saturated carbocycles. The van der Waals surface area contributed by atoms with Crippen LogP contribution in [0.4, 0.5) is 16.2 Å². The lowest BCUT2D eigenvalue weighted by Crippen LogP contribution is -2.54. The zero-order valence-electron chi connectivity index (χ0n) is 19.2. The number of carbonyl (C=O) groups excluding carboxylic acids is 4. The third-order valence-electron chi connectivity index (χ3n) is 5.25. The van der Waals surface area contributed by atoms with Crippen LogP contribution in [0.2, 0.25) is 15.1 Å². The largest absolute Gasteiger partial charge is 0.481 e. The molecule has 11 heteroatoms. The quantitative estimate of drug-likeness (QED) is 0.301. The molecule has 0 bridgehead atoms. The van der Waals surface area contributed by atoms with Crippen molar-refractivity contribution in [1.29, 1.82) is 0 Å². The van der Waals surface area contributed by atoms with Gasteiger partial charge in [-0.25, -0.2) is 9.69 Å². The van der Waals surface area contributed by atoms with Crippen molar-refractivity contribution in [2.75, 3.05) is 16.8 Å². The van der Waals surface area contributed by atoms with E-state index in [0.717, 1.165) is 10.5 Å². The van der Waals surface area contributed by atoms with Crippen molar-refractivity contribution >= 4 is 76.0 Å². The molecule has 1 fully saturated rings. The van der Waals surface area contributed by atoms with E-state index in [2.05, 4.69) is 10.6 Å². The zero-order valence-corrected chi connectivity index (χ0v) is 21.4. The maximum atomic E-state index is 13.1. The summed E-state index contributed by atoms with van der Waals surface area (Å²) < 4.78 is 5.49. The number of hydrogen-bond donors (Lipinski definition) is 2. The van der Waals surface area contributed by atoms with Gasteiger partial charge in [0.1, 0.15) is 5.57 Å². The molecule has 5 amide bonds. The normalized spacial score (nSPS) is 14.5. The highest BCUT2D eigenvalue weighted by atomic mass is 35.5. The van der Waals surface area contributed by atoms with Crippen LogP contribution in [0.25, 0.3) is 6.08 Å². The van der Waals surface area contributed by atoms with Crippen LogP contribution in [0, 0.1) is 6.92 Å². The molecule has 2 N–H and O–H groups in total. The van der Waals surface area contributed by atoms with Crippen molar-refractivity contribution in [2.24, 2.45) is 0 Å². The zero-order chi connectivity index (χ0) is 26.7. The van der Waals surface area contributed by atoms with Crippen molar-refractivity contribution < 1.29 is 23.9 Å². The molecule has 0 aromatic heterocycles. The number of nitrogens with one attached hydrogen (secondary N) is 2. The number of ether oxygens (including phenoxy) is 1. The van der Waals surface area contributed by atoms with Crippen molar-refractivity contribution in [3.8, 4) is 5.75 Å². The smallest absolute Gasteiger partial charge is 0.335 e. The van der Waals surface area contributed by atoms with E-state index in [9.17, 15) is 19.2 Å². The Balaban J connectivity index is 1.54. The van der Waals surface area contributed by atoms with Gasteiger partial charge in [0, 0.05) is 10.7 Å². The lowest BCUT2D eigenvalue weighted by atomic mass is 10.1. The number of anilines is 2. The fourth-order valence-electron chi connectivity index (χ4n) is 3.44. The Bertz CT molecular complexity index is 1430. The molecule has 0 aliphatic carbocycles. The van der Waals surface area contributed by atoms with E-state index in [1.807, 2.05) is 6.07 Å². The van der Waals surface area contributed by atoms with E-state index in [1.165, 1.54) is 24.3 Å². The SMILES string of the molecule is Cc1ccc(N2C(=O)NC(=O)/C(=C\c3cc(Cl)c(OCC(=O)Nc4ccccc4)c(Cl)c3)C2=O)cc1Cl. The second-order valence-corrected chi connectivity index (χ2v) is 9.13. The second-order valence-electron chi connectivity index (χ2n) is 7.91. The number of halogens is 3. The molecular formula is C26H18Cl3N3O5. The van der Waals surface area contributed by atoms with Gasteiger partial charge in [0.05, 0.1) is 15.7 Å². The van der Waals surface area contributed by atoms with Crippen LogP contribution in [-0.4, -0.2) is 30.4 Å². The van der Waals surface area contributed by atoms with Gasteiger partial charge in [-0.05, 0) is 60.5 Å². The molecule has 3 aromatic carbocycles. The summed E-state index contributed by atoms with van der Waals surface area (Å²) in [6.07, 6.45) is 1.25. The number of benzene rings is 3. The number of amides is 5. The van der Waals surface area contributed by atoms with Crippen molar-refractivity contribution in [2.45, 2.75) is 6.92 Å². The molecular weight excluding hydrogens is 541 g/mol. The summed E-state index contributed by atoms with van der Waals surface area (Å²) in [7, 11) is 0. The number of urea groups is 1. The molecule has 1 saturated heterocycles. The molecule has 188 valence electrons. The van der Waals surface area contributed by atoms with E-state index in [-0.39, 0.29) is 33.7 Å². The van der Waals surface area contributed by atoms with E-state index in [4.69, 9.17) is 39.5 Å². The summed E-state index contributed by atoms with van der Waals surface area (Å²) in [6.45, 7) is 1.42. The predicted octanol–water partition coefficient (Wildman–Crippen LogP) is 5.64. The van der Waals surface area contributed by atoms with Gasteiger partial charge in [-0.15, -0.1) is 0 Å². The van der Waals surface area contributed by atoms with E-state index in [0.29, 0.717) is 16.3 Å². The maximum absolute atomic E-state index is 13.1. The Morgan fingerprint density at radius 3 is 2.30 bits per heavy atom. The Morgan fingerprint density at radius 1 is 0.973 bits per heavy atom. The molecule has 1 aliphatic rings. The standard InChI is InChI=1S/C26H18Cl3N3O5/c1-14-7-8-17(12-19(14)27)32-25(35)18(24(34)31-26(32)36)9-15-10-20(28)23(21(29)11-15)37-13-22(33)30-16-5-3-2-4-6-16/h2-12H,13H2,1H3,(H,30,33)(H,31,34,36)/b18-9+. The monoisotopic (exact) mass is 557 g/mol. The molecule has 0 spiro atoms. The van der Waals surface area contributed by atoms with Crippen molar-refractivity contribution in [3.05, 3.63) is 92.4 Å². The predicted molar refractivity (Wildman–Crippen MR) is 142 cm³/mol. The summed E-state index contributed by atoms with van der Waals surface area (Å²) in [5.74, 6) is -2.09. The molecule has 1 aliphatic heterocycles. The summed E-state index contributed by atoms with van der Waals surface area (Å²) in [5.41, 5.74) is 1.53. The number of rotatable bonds is 6. The highest BCUT2D eigenvalue weighted by molar-refractivity contribution is 6.40. The van der Waals surface area contributed by atoms with Crippen LogP contribution in [0.15, 0.2) is 66.2 Å². The van der Waals surface area contributed by atoms with Gasteiger partial charge < -0.3 is 10.1 Å². The van der Waals surface area contributed by atoms with Crippen LogP contribution in [-0.2, 0) is 14.4 Å². The minimum absolute atomic E-state index is 0.0498. The first-order valence-electron chi connectivity index (χ1n) is 10.8. The van der Waals surface area contributed by atoms with Crippen LogP contribution in [0.1, 0.15) is 11.1 Å². The molecule has 37 heavy (non-hydrogen) atoms.